The molecule has 2 N–H and O–H groups in total. The lowest BCUT2D eigenvalue weighted by Crippen LogP contribution is -2.63. The van der Waals surface area contributed by atoms with Gasteiger partial charge in [-0.2, -0.15) is 0 Å². The fraction of sp³-hybridized carbons (Fsp3) is 0.769. The minimum Gasteiger partial charge on any atom is -0.444 e. The van der Waals surface area contributed by atoms with E-state index >= 15 is 0 Å². The summed E-state index contributed by atoms with van der Waals surface area (Å²) in [4.78, 5) is 37.2. The van der Waals surface area contributed by atoms with Gasteiger partial charge in [-0.3, -0.25) is 9.59 Å². The van der Waals surface area contributed by atoms with Gasteiger partial charge in [0.1, 0.15) is 17.7 Å². The van der Waals surface area contributed by atoms with E-state index in [2.05, 4.69) is 10.6 Å². The molecular formula is C13H21N3O4. The van der Waals surface area contributed by atoms with Crippen LogP contribution in [0.1, 0.15) is 33.6 Å². The summed E-state index contributed by atoms with van der Waals surface area (Å²) in [5.41, 5.74) is -0.593. The lowest BCUT2D eigenvalue weighted by Gasteiger charge is -2.34. The van der Waals surface area contributed by atoms with E-state index in [0.29, 0.717) is 13.0 Å². The van der Waals surface area contributed by atoms with E-state index in [9.17, 15) is 14.4 Å². The van der Waals surface area contributed by atoms with Gasteiger partial charge in [0, 0.05) is 6.54 Å². The molecule has 112 valence electrons. The number of hydrogen-bond acceptors (Lipinski definition) is 4. The van der Waals surface area contributed by atoms with Crippen LogP contribution >= 0.6 is 0 Å². The Kier molecular flexibility index (Phi) is 3.87. The fourth-order valence-electron chi connectivity index (χ4n) is 2.47. The van der Waals surface area contributed by atoms with Gasteiger partial charge < -0.3 is 20.3 Å². The van der Waals surface area contributed by atoms with Gasteiger partial charge in [0.25, 0.3) is 0 Å². The number of carbonyl (C=O) groups excluding carboxylic acids is 3. The van der Waals surface area contributed by atoms with E-state index in [1.165, 1.54) is 0 Å². The van der Waals surface area contributed by atoms with Gasteiger partial charge in [-0.15, -0.1) is 0 Å². The molecule has 2 atom stereocenters. The van der Waals surface area contributed by atoms with E-state index in [1.54, 1.807) is 25.7 Å². The van der Waals surface area contributed by atoms with Crippen molar-refractivity contribution in [1.82, 2.24) is 15.5 Å². The zero-order valence-electron chi connectivity index (χ0n) is 12.1. The highest BCUT2D eigenvalue weighted by Crippen LogP contribution is 2.21. The maximum Gasteiger partial charge on any atom is 0.407 e. The van der Waals surface area contributed by atoms with E-state index in [-0.39, 0.29) is 24.4 Å². The van der Waals surface area contributed by atoms with E-state index in [4.69, 9.17) is 4.74 Å². The molecule has 7 heteroatoms. The first-order chi connectivity index (χ1) is 9.28. The van der Waals surface area contributed by atoms with Crippen LogP contribution in [0.5, 0.6) is 0 Å². The minimum atomic E-state index is -0.704. The van der Waals surface area contributed by atoms with Gasteiger partial charge in [-0.1, -0.05) is 0 Å². The van der Waals surface area contributed by atoms with Crippen LogP contribution < -0.4 is 10.6 Å². The number of fused-ring (bicyclic) bond motifs is 1. The van der Waals surface area contributed by atoms with Crippen LogP contribution in [0.25, 0.3) is 0 Å². The second-order valence-electron chi connectivity index (χ2n) is 6.13. The number of rotatable bonds is 2. The molecule has 0 aromatic carbocycles. The van der Waals surface area contributed by atoms with Gasteiger partial charge in [0.15, 0.2) is 0 Å². The maximum atomic E-state index is 12.2. The molecule has 2 saturated heterocycles. The van der Waals surface area contributed by atoms with Crippen LogP contribution in [-0.2, 0) is 14.3 Å². The smallest absolute Gasteiger partial charge is 0.407 e. The van der Waals surface area contributed by atoms with Crippen molar-refractivity contribution in [2.75, 3.05) is 13.1 Å². The first kappa shape index (κ1) is 14.6. The molecule has 0 aromatic heterocycles. The molecule has 0 aromatic rings. The summed E-state index contributed by atoms with van der Waals surface area (Å²) in [6.45, 7) is 5.93. The third kappa shape index (κ3) is 3.20. The second kappa shape index (κ2) is 5.30. The number of amides is 3. The van der Waals surface area contributed by atoms with Crippen molar-refractivity contribution in [3.8, 4) is 0 Å². The van der Waals surface area contributed by atoms with Crippen molar-refractivity contribution in [2.45, 2.75) is 51.3 Å². The van der Waals surface area contributed by atoms with E-state index in [0.717, 1.165) is 6.42 Å². The SMILES string of the molecule is CC(C)(C)OC(=O)NC[C@@H]1NC(=O)[C@@H]2CCCN2C1=O. The number of hydrogen-bond donors (Lipinski definition) is 2. The van der Waals surface area contributed by atoms with Gasteiger partial charge in [0.2, 0.25) is 11.8 Å². The maximum absolute atomic E-state index is 12.2. The summed E-state index contributed by atoms with van der Waals surface area (Å²) in [6.07, 6.45) is 0.961. The molecule has 2 rings (SSSR count). The molecule has 20 heavy (non-hydrogen) atoms. The molecule has 7 nitrogen and oxygen atoms in total. The molecule has 0 unspecified atom stereocenters. The average Bonchev–Trinajstić information content (AvgIpc) is 2.79. The Labute approximate surface area is 118 Å². The van der Waals surface area contributed by atoms with Crippen LogP contribution in [0.4, 0.5) is 4.79 Å². The number of alkyl carbamates (subject to hydrolysis) is 1. The van der Waals surface area contributed by atoms with E-state index < -0.39 is 17.7 Å². The Hall–Kier alpha value is -1.79. The molecule has 3 amide bonds. The Morgan fingerprint density at radius 2 is 2.15 bits per heavy atom. The highest BCUT2D eigenvalue weighted by Gasteiger charge is 2.42. The Morgan fingerprint density at radius 1 is 1.45 bits per heavy atom. The zero-order valence-corrected chi connectivity index (χ0v) is 12.1. The fourth-order valence-corrected chi connectivity index (χ4v) is 2.47. The van der Waals surface area contributed by atoms with Gasteiger partial charge >= 0.3 is 6.09 Å². The lowest BCUT2D eigenvalue weighted by molar-refractivity contribution is -0.146. The minimum absolute atomic E-state index is 0.0444. The number of nitrogens with one attached hydrogen (secondary N) is 2. The molecule has 2 fully saturated rings. The number of carbonyl (C=O) groups is 3. The standard InChI is InChI=1S/C13H21N3O4/c1-13(2,3)20-12(19)14-7-8-11(18)16-6-4-5-9(16)10(17)15-8/h8-9H,4-7H2,1-3H3,(H,14,19)(H,15,17)/t8-,9-/m0/s1. The molecule has 0 bridgehead atoms. The quantitative estimate of drug-likeness (QED) is 0.747. The highest BCUT2D eigenvalue weighted by atomic mass is 16.6. The van der Waals surface area contributed by atoms with E-state index in [1.807, 2.05) is 0 Å². The lowest BCUT2D eigenvalue weighted by atomic mass is 10.1. The highest BCUT2D eigenvalue weighted by molar-refractivity contribution is 5.97. The zero-order chi connectivity index (χ0) is 14.9. The molecule has 0 saturated carbocycles. The summed E-state index contributed by atoms with van der Waals surface area (Å²) in [6, 6.07) is -1.04. The average molecular weight is 283 g/mol. The number of ether oxygens (including phenoxy) is 1. The summed E-state index contributed by atoms with van der Waals surface area (Å²) in [5, 5.41) is 5.17. The third-order valence-corrected chi connectivity index (χ3v) is 3.30. The predicted octanol–water partition coefficient (Wildman–Crippen LogP) is 0.000500. The van der Waals surface area contributed by atoms with Gasteiger partial charge in [0.05, 0.1) is 6.54 Å². The molecule has 0 spiro atoms. The Balaban J connectivity index is 1.88. The predicted molar refractivity (Wildman–Crippen MR) is 70.9 cm³/mol. The molecular weight excluding hydrogens is 262 g/mol. The van der Waals surface area contributed by atoms with Gasteiger partial charge in [-0.25, -0.2) is 4.79 Å². The van der Waals surface area contributed by atoms with Crippen molar-refractivity contribution in [3.05, 3.63) is 0 Å². The molecule has 0 aliphatic carbocycles. The van der Waals surface area contributed by atoms with Crippen molar-refractivity contribution in [1.29, 1.82) is 0 Å². The van der Waals surface area contributed by atoms with Crippen LogP contribution in [-0.4, -0.2) is 53.6 Å². The molecule has 0 radical (unpaired) electrons. The van der Waals surface area contributed by atoms with Crippen LogP contribution in [0.3, 0.4) is 0 Å². The summed E-state index contributed by atoms with van der Waals surface area (Å²) >= 11 is 0. The van der Waals surface area contributed by atoms with Crippen LogP contribution in [0.15, 0.2) is 0 Å². The second-order valence-corrected chi connectivity index (χ2v) is 6.13. The monoisotopic (exact) mass is 283 g/mol. The largest absolute Gasteiger partial charge is 0.444 e. The normalized spacial score (nSPS) is 26.1. The number of piperazine rings is 1. The first-order valence-electron chi connectivity index (χ1n) is 6.85. The number of nitrogens with zero attached hydrogens (tertiary/aromatic N) is 1. The Bertz CT molecular complexity index is 430. The molecule has 2 aliphatic rings. The van der Waals surface area contributed by atoms with Crippen LogP contribution in [0.2, 0.25) is 0 Å². The van der Waals surface area contributed by atoms with Gasteiger partial charge in [-0.05, 0) is 33.6 Å². The molecule has 2 heterocycles. The van der Waals surface area contributed by atoms with Crippen molar-refractivity contribution < 1.29 is 19.1 Å². The van der Waals surface area contributed by atoms with Crippen molar-refractivity contribution in [3.63, 3.8) is 0 Å². The first-order valence-corrected chi connectivity index (χ1v) is 6.85. The summed E-state index contributed by atoms with van der Waals surface area (Å²) < 4.78 is 5.09. The van der Waals surface area contributed by atoms with Crippen molar-refractivity contribution >= 4 is 17.9 Å². The third-order valence-electron chi connectivity index (χ3n) is 3.30. The Morgan fingerprint density at radius 3 is 2.80 bits per heavy atom. The van der Waals surface area contributed by atoms with Crippen LogP contribution in [0, 0.1) is 0 Å². The molecule has 2 aliphatic heterocycles. The summed E-state index contributed by atoms with van der Waals surface area (Å²) in [7, 11) is 0. The summed E-state index contributed by atoms with van der Waals surface area (Å²) in [5.74, 6) is -0.277. The topological polar surface area (TPSA) is 87.7 Å². The van der Waals surface area contributed by atoms with Crippen molar-refractivity contribution in [2.24, 2.45) is 0 Å².